The minimum Gasteiger partial charge on any atom is -0.508 e. The second kappa shape index (κ2) is 6.65. The minimum absolute atomic E-state index is 0.114. The van der Waals surface area contributed by atoms with E-state index in [1.54, 1.807) is 36.6 Å². The summed E-state index contributed by atoms with van der Waals surface area (Å²) in [7, 11) is 1.34. The van der Waals surface area contributed by atoms with Gasteiger partial charge < -0.3 is 19.0 Å². The first-order valence-corrected chi connectivity index (χ1v) is 6.21. The van der Waals surface area contributed by atoms with E-state index in [1.807, 2.05) is 0 Å². The molecule has 0 spiro atoms. The van der Waals surface area contributed by atoms with Crippen LogP contribution in [0.15, 0.2) is 47.1 Å². The van der Waals surface area contributed by atoms with E-state index in [1.165, 1.54) is 13.2 Å². The normalized spacial score (nSPS) is 11.8. The Hall–Kier alpha value is -2.43. The maximum absolute atomic E-state index is 11.7. The summed E-state index contributed by atoms with van der Waals surface area (Å²) in [5.41, 5.74) is 0. The van der Waals surface area contributed by atoms with E-state index in [-0.39, 0.29) is 18.3 Å². The highest BCUT2D eigenvalue weighted by Gasteiger charge is 2.22. The lowest BCUT2D eigenvalue weighted by Crippen LogP contribution is -2.25. The van der Waals surface area contributed by atoms with Gasteiger partial charge in [0.25, 0.3) is 0 Å². The van der Waals surface area contributed by atoms with Crippen molar-refractivity contribution in [3.63, 3.8) is 0 Å². The molecule has 0 aliphatic heterocycles. The molecule has 0 amide bonds. The van der Waals surface area contributed by atoms with Crippen LogP contribution in [0.3, 0.4) is 0 Å². The van der Waals surface area contributed by atoms with Crippen LogP contribution in [0.25, 0.3) is 0 Å². The second-order valence-corrected chi connectivity index (χ2v) is 4.31. The molecule has 20 heavy (non-hydrogen) atoms. The third kappa shape index (κ3) is 3.78. The molecule has 1 heterocycles. The number of methoxy groups -OCH3 is 1. The van der Waals surface area contributed by atoms with Crippen molar-refractivity contribution in [1.29, 1.82) is 0 Å². The number of aromatic hydroxyl groups is 1. The summed E-state index contributed by atoms with van der Waals surface area (Å²) in [6.07, 6.45) is 1.96. The standard InChI is InChI=1S/C15H16O5/c1-18-15(17)11(8-13-6-3-7-19-13)10-20-14-5-2-4-12(16)9-14/h2-7,9,11,16H,8,10H2,1H3. The molecule has 0 aliphatic carbocycles. The number of hydrogen-bond acceptors (Lipinski definition) is 5. The molecular formula is C15H16O5. The van der Waals surface area contributed by atoms with E-state index in [2.05, 4.69) is 0 Å². The van der Waals surface area contributed by atoms with Crippen LogP contribution in [0.4, 0.5) is 0 Å². The van der Waals surface area contributed by atoms with Crippen molar-refractivity contribution >= 4 is 5.97 Å². The first-order chi connectivity index (χ1) is 9.69. The molecule has 0 saturated carbocycles. The fraction of sp³-hybridized carbons (Fsp3) is 0.267. The maximum atomic E-state index is 11.7. The van der Waals surface area contributed by atoms with Gasteiger partial charge in [0, 0.05) is 12.5 Å². The van der Waals surface area contributed by atoms with Gasteiger partial charge in [0.15, 0.2) is 0 Å². The average Bonchev–Trinajstić information content (AvgIpc) is 2.95. The molecule has 1 unspecified atom stereocenters. The van der Waals surface area contributed by atoms with Crippen molar-refractivity contribution < 1.29 is 23.8 Å². The fourth-order valence-electron chi connectivity index (χ4n) is 1.82. The van der Waals surface area contributed by atoms with E-state index in [0.717, 1.165) is 0 Å². The maximum Gasteiger partial charge on any atom is 0.312 e. The lowest BCUT2D eigenvalue weighted by molar-refractivity contribution is -0.146. The molecule has 1 aromatic carbocycles. The molecule has 106 valence electrons. The first-order valence-electron chi connectivity index (χ1n) is 6.21. The van der Waals surface area contributed by atoms with Crippen molar-refractivity contribution in [2.75, 3.05) is 13.7 Å². The summed E-state index contributed by atoms with van der Waals surface area (Å²) in [6, 6.07) is 9.98. The molecule has 5 nitrogen and oxygen atoms in total. The zero-order valence-electron chi connectivity index (χ0n) is 11.1. The molecule has 0 radical (unpaired) electrons. The quantitative estimate of drug-likeness (QED) is 0.820. The molecule has 5 heteroatoms. The molecule has 1 aromatic heterocycles. The number of benzene rings is 1. The van der Waals surface area contributed by atoms with Crippen LogP contribution in [-0.4, -0.2) is 24.8 Å². The topological polar surface area (TPSA) is 68.9 Å². The smallest absolute Gasteiger partial charge is 0.312 e. The van der Waals surface area contributed by atoms with Crippen molar-refractivity contribution in [3.05, 3.63) is 48.4 Å². The van der Waals surface area contributed by atoms with E-state index < -0.39 is 5.92 Å². The van der Waals surface area contributed by atoms with Crippen molar-refractivity contribution in [1.82, 2.24) is 0 Å². The number of esters is 1. The fourth-order valence-corrected chi connectivity index (χ4v) is 1.82. The number of carbonyl (C=O) groups excluding carboxylic acids is 1. The molecule has 1 N–H and O–H groups in total. The Labute approximate surface area is 116 Å². The lowest BCUT2D eigenvalue weighted by atomic mass is 10.1. The first kappa shape index (κ1) is 14.0. The number of rotatable bonds is 6. The molecular weight excluding hydrogens is 260 g/mol. The van der Waals surface area contributed by atoms with Crippen LogP contribution in [0.5, 0.6) is 11.5 Å². The largest absolute Gasteiger partial charge is 0.508 e. The SMILES string of the molecule is COC(=O)C(COc1cccc(O)c1)Cc1ccco1. The number of hydrogen-bond donors (Lipinski definition) is 1. The molecule has 0 bridgehead atoms. The summed E-state index contributed by atoms with van der Waals surface area (Å²) in [6.45, 7) is 0.150. The van der Waals surface area contributed by atoms with Crippen LogP contribution in [0.1, 0.15) is 5.76 Å². The zero-order valence-corrected chi connectivity index (χ0v) is 11.1. The predicted molar refractivity (Wildman–Crippen MR) is 71.5 cm³/mol. The van der Waals surface area contributed by atoms with Crippen LogP contribution in [0.2, 0.25) is 0 Å². The van der Waals surface area contributed by atoms with Crippen LogP contribution >= 0.6 is 0 Å². The highest BCUT2D eigenvalue weighted by Crippen LogP contribution is 2.19. The summed E-state index contributed by atoms with van der Waals surface area (Å²) in [4.78, 5) is 11.7. The van der Waals surface area contributed by atoms with E-state index >= 15 is 0 Å². The van der Waals surface area contributed by atoms with Crippen molar-refractivity contribution in [3.8, 4) is 11.5 Å². The van der Waals surface area contributed by atoms with E-state index in [0.29, 0.717) is 17.9 Å². The van der Waals surface area contributed by atoms with E-state index in [4.69, 9.17) is 13.9 Å². The highest BCUT2D eigenvalue weighted by molar-refractivity contribution is 5.72. The van der Waals surface area contributed by atoms with Gasteiger partial charge >= 0.3 is 5.97 Å². The Balaban J connectivity index is 1.99. The molecule has 2 rings (SSSR count). The van der Waals surface area contributed by atoms with Gasteiger partial charge in [-0.05, 0) is 24.3 Å². The Morgan fingerprint density at radius 3 is 2.85 bits per heavy atom. The second-order valence-electron chi connectivity index (χ2n) is 4.31. The van der Waals surface area contributed by atoms with Gasteiger partial charge in [-0.1, -0.05) is 6.07 Å². The van der Waals surface area contributed by atoms with Gasteiger partial charge in [-0.3, -0.25) is 4.79 Å². The Morgan fingerprint density at radius 1 is 1.35 bits per heavy atom. The zero-order chi connectivity index (χ0) is 14.4. The molecule has 0 fully saturated rings. The predicted octanol–water partition coefficient (Wildman–Crippen LogP) is 2.40. The van der Waals surface area contributed by atoms with Gasteiger partial charge in [0.2, 0.25) is 0 Å². The summed E-state index contributed by atoms with van der Waals surface area (Å²) in [5.74, 6) is 0.483. The van der Waals surface area contributed by atoms with Crippen molar-refractivity contribution in [2.24, 2.45) is 5.92 Å². The summed E-state index contributed by atoms with van der Waals surface area (Å²) in [5, 5.41) is 9.35. The Kier molecular flexibility index (Phi) is 4.65. The number of ether oxygens (including phenoxy) is 2. The molecule has 2 aromatic rings. The van der Waals surface area contributed by atoms with Gasteiger partial charge in [-0.2, -0.15) is 0 Å². The Bertz CT molecular complexity index is 547. The van der Waals surface area contributed by atoms with E-state index in [9.17, 15) is 9.90 Å². The van der Waals surface area contributed by atoms with Gasteiger partial charge in [0.05, 0.1) is 19.3 Å². The van der Waals surface area contributed by atoms with Crippen LogP contribution in [-0.2, 0) is 16.0 Å². The summed E-state index contributed by atoms with van der Waals surface area (Å²) < 4.78 is 15.5. The van der Waals surface area contributed by atoms with Gasteiger partial charge in [-0.25, -0.2) is 0 Å². The Morgan fingerprint density at radius 2 is 2.20 bits per heavy atom. The minimum atomic E-state index is -0.464. The number of phenolic OH excluding ortho intramolecular Hbond substituents is 1. The van der Waals surface area contributed by atoms with Crippen LogP contribution in [0, 0.1) is 5.92 Å². The number of phenols is 1. The summed E-state index contributed by atoms with van der Waals surface area (Å²) >= 11 is 0. The third-order valence-corrected chi connectivity index (χ3v) is 2.83. The van der Waals surface area contributed by atoms with Crippen LogP contribution < -0.4 is 4.74 Å². The molecule has 0 saturated heterocycles. The number of furan rings is 1. The highest BCUT2D eigenvalue weighted by atomic mass is 16.5. The molecule has 0 aliphatic rings. The monoisotopic (exact) mass is 276 g/mol. The van der Waals surface area contributed by atoms with Gasteiger partial charge in [-0.15, -0.1) is 0 Å². The lowest BCUT2D eigenvalue weighted by Gasteiger charge is -2.14. The molecule has 1 atom stereocenters. The van der Waals surface area contributed by atoms with Crippen molar-refractivity contribution in [2.45, 2.75) is 6.42 Å². The van der Waals surface area contributed by atoms with Gasteiger partial charge in [0.1, 0.15) is 23.9 Å². The number of carbonyl (C=O) groups is 1. The average molecular weight is 276 g/mol. The third-order valence-electron chi connectivity index (χ3n) is 2.83.